The zero-order valence-electron chi connectivity index (χ0n) is 11.6. The molecule has 0 aliphatic carbocycles. The van der Waals surface area contributed by atoms with Gasteiger partial charge in [-0.15, -0.1) is 0 Å². The first-order chi connectivity index (χ1) is 7.90. The molecule has 100 valence electrons. The van der Waals surface area contributed by atoms with Crippen molar-refractivity contribution in [1.29, 1.82) is 0 Å². The quantitative estimate of drug-likeness (QED) is 0.754. The van der Waals surface area contributed by atoms with Crippen molar-refractivity contribution in [1.82, 2.24) is 10.2 Å². The van der Waals surface area contributed by atoms with Gasteiger partial charge in [0.2, 0.25) is 0 Å². The molecule has 1 N–H and O–H groups in total. The van der Waals surface area contributed by atoms with E-state index in [1.54, 1.807) is 0 Å². The van der Waals surface area contributed by atoms with E-state index in [9.17, 15) is 4.79 Å². The van der Waals surface area contributed by atoms with Crippen LogP contribution < -0.4 is 5.32 Å². The maximum Gasteiger partial charge on any atom is 0.320 e. The highest BCUT2D eigenvalue weighted by molar-refractivity contribution is 5.72. The smallest absolute Gasteiger partial charge is 0.320 e. The van der Waals surface area contributed by atoms with Gasteiger partial charge < -0.3 is 10.1 Å². The topological polar surface area (TPSA) is 41.6 Å². The van der Waals surface area contributed by atoms with Gasteiger partial charge in [0.15, 0.2) is 0 Å². The fourth-order valence-electron chi connectivity index (χ4n) is 2.19. The normalized spacial score (nSPS) is 19.3. The Labute approximate surface area is 105 Å². The third-order valence-corrected chi connectivity index (χ3v) is 2.97. The van der Waals surface area contributed by atoms with Crippen LogP contribution in [-0.4, -0.2) is 49.7 Å². The Hall–Kier alpha value is -0.610. The summed E-state index contributed by atoms with van der Waals surface area (Å²) < 4.78 is 5.32. The molecule has 1 heterocycles. The first kappa shape index (κ1) is 14.5. The molecule has 1 saturated heterocycles. The van der Waals surface area contributed by atoms with Crippen LogP contribution in [0.25, 0.3) is 0 Å². The van der Waals surface area contributed by atoms with E-state index in [0.29, 0.717) is 6.54 Å². The summed E-state index contributed by atoms with van der Waals surface area (Å²) in [7, 11) is 1.99. The Kier molecular flexibility index (Phi) is 5.40. The minimum absolute atomic E-state index is 0.107. The van der Waals surface area contributed by atoms with Crippen LogP contribution in [0.15, 0.2) is 0 Å². The Bertz CT molecular complexity index is 240. The van der Waals surface area contributed by atoms with Gasteiger partial charge >= 0.3 is 5.97 Å². The third-order valence-electron chi connectivity index (χ3n) is 2.97. The van der Waals surface area contributed by atoms with E-state index < -0.39 is 0 Å². The van der Waals surface area contributed by atoms with Crippen LogP contribution >= 0.6 is 0 Å². The lowest BCUT2D eigenvalue weighted by atomic mass is 9.97. The average Bonchev–Trinajstić information content (AvgIpc) is 2.18. The molecule has 0 aromatic rings. The van der Waals surface area contributed by atoms with Gasteiger partial charge in [0.25, 0.3) is 0 Å². The molecule has 0 saturated carbocycles. The summed E-state index contributed by atoms with van der Waals surface area (Å²) in [5.74, 6) is 0.652. The van der Waals surface area contributed by atoms with Crippen molar-refractivity contribution in [2.24, 2.45) is 5.92 Å². The summed E-state index contributed by atoms with van der Waals surface area (Å²) in [6.45, 7) is 9.25. The molecular weight excluding hydrogens is 216 g/mol. The van der Waals surface area contributed by atoms with Gasteiger partial charge in [-0.2, -0.15) is 0 Å². The molecule has 0 bridgehead atoms. The molecular formula is C13H26N2O2. The van der Waals surface area contributed by atoms with E-state index in [0.717, 1.165) is 25.6 Å². The summed E-state index contributed by atoms with van der Waals surface area (Å²) in [4.78, 5) is 13.9. The Morgan fingerprint density at radius 1 is 1.35 bits per heavy atom. The van der Waals surface area contributed by atoms with Crippen LogP contribution in [0.5, 0.6) is 0 Å². The van der Waals surface area contributed by atoms with Crippen LogP contribution in [0.3, 0.4) is 0 Å². The van der Waals surface area contributed by atoms with Crippen LogP contribution in [0.2, 0.25) is 0 Å². The first-order valence-corrected chi connectivity index (χ1v) is 6.49. The molecule has 0 atom stereocenters. The van der Waals surface area contributed by atoms with Crippen molar-refractivity contribution in [2.45, 2.75) is 39.2 Å². The summed E-state index contributed by atoms with van der Waals surface area (Å²) >= 11 is 0. The summed E-state index contributed by atoms with van der Waals surface area (Å²) in [6, 6.07) is 0. The zero-order chi connectivity index (χ0) is 12.9. The molecule has 1 fully saturated rings. The van der Waals surface area contributed by atoms with Crippen molar-refractivity contribution >= 4 is 5.97 Å². The first-order valence-electron chi connectivity index (χ1n) is 6.49. The second-order valence-electron chi connectivity index (χ2n) is 5.86. The third kappa shape index (κ3) is 6.03. The van der Waals surface area contributed by atoms with Gasteiger partial charge in [0, 0.05) is 0 Å². The highest BCUT2D eigenvalue weighted by atomic mass is 16.6. The number of esters is 1. The summed E-state index contributed by atoms with van der Waals surface area (Å²) in [5.41, 5.74) is -0.373. The number of rotatable bonds is 4. The highest BCUT2D eigenvalue weighted by Crippen LogP contribution is 2.16. The van der Waals surface area contributed by atoms with E-state index in [-0.39, 0.29) is 11.6 Å². The van der Waals surface area contributed by atoms with Gasteiger partial charge in [0.1, 0.15) is 5.60 Å². The zero-order valence-corrected chi connectivity index (χ0v) is 11.6. The molecule has 4 nitrogen and oxygen atoms in total. The molecule has 0 aromatic carbocycles. The molecule has 0 spiro atoms. The molecule has 0 aromatic heterocycles. The predicted molar refractivity (Wildman–Crippen MR) is 68.9 cm³/mol. The van der Waals surface area contributed by atoms with Crippen molar-refractivity contribution in [3.05, 3.63) is 0 Å². The van der Waals surface area contributed by atoms with Crippen LogP contribution in [0, 0.1) is 5.92 Å². The second kappa shape index (κ2) is 6.36. The fraction of sp³-hybridized carbons (Fsp3) is 0.923. The lowest BCUT2D eigenvalue weighted by Gasteiger charge is -2.31. The molecule has 0 unspecified atom stereocenters. The molecule has 0 amide bonds. The van der Waals surface area contributed by atoms with E-state index in [1.807, 2.05) is 27.8 Å². The number of carbonyl (C=O) groups is 1. The van der Waals surface area contributed by atoms with Crippen molar-refractivity contribution < 1.29 is 9.53 Å². The Balaban J connectivity index is 2.24. The van der Waals surface area contributed by atoms with E-state index >= 15 is 0 Å². The van der Waals surface area contributed by atoms with Crippen LogP contribution in [0.1, 0.15) is 33.6 Å². The molecule has 4 heteroatoms. The number of nitrogens with zero attached hydrogens (tertiary/aromatic N) is 1. The molecule has 1 aliphatic rings. The van der Waals surface area contributed by atoms with Crippen molar-refractivity contribution in [2.75, 3.05) is 33.2 Å². The number of ether oxygens (including phenoxy) is 1. The van der Waals surface area contributed by atoms with Gasteiger partial charge in [-0.25, -0.2) is 0 Å². The standard InChI is InChI=1S/C13H26N2O2/c1-13(2,3)17-12(16)10-15-7-5-11(6-8-15)9-14-4/h11,14H,5-10H2,1-4H3. The maximum atomic E-state index is 11.7. The number of hydrogen-bond acceptors (Lipinski definition) is 4. The Morgan fingerprint density at radius 3 is 2.41 bits per heavy atom. The number of piperidine rings is 1. The number of nitrogens with one attached hydrogen (secondary N) is 1. The van der Waals surface area contributed by atoms with Crippen LogP contribution in [-0.2, 0) is 9.53 Å². The minimum Gasteiger partial charge on any atom is -0.459 e. The molecule has 0 radical (unpaired) electrons. The van der Waals surface area contributed by atoms with Crippen molar-refractivity contribution in [3.8, 4) is 0 Å². The van der Waals surface area contributed by atoms with Gasteiger partial charge in [-0.05, 0) is 66.2 Å². The lowest BCUT2D eigenvalue weighted by Crippen LogP contribution is -2.41. The lowest BCUT2D eigenvalue weighted by molar-refractivity contribution is -0.156. The number of likely N-dealkylation sites (tertiary alicyclic amines) is 1. The average molecular weight is 242 g/mol. The second-order valence-corrected chi connectivity index (χ2v) is 5.86. The van der Waals surface area contributed by atoms with Gasteiger partial charge in [-0.1, -0.05) is 0 Å². The SMILES string of the molecule is CNCC1CCN(CC(=O)OC(C)(C)C)CC1. The van der Waals surface area contributed by atoms with E-state index in [1.165, 1.54) is 12.8 Å². The van der Waals surface area contributed by atoms with Crippen molar-refractivity contribution in [3.63, 3.8) is 0 Å². The summed E-state index contributed by atoms with van der Waals surface area (Å²) in [6.07, 6.45) is 2.34. The largest absolute Gasteiger partial charge is 0.459 e. The van der Waals surface area contributed by atoms with E-state index in [2.05, 4.69) is 10.2 Å². The molecule has 1 aliphatic heterocycles. The monoisotopic (exact) mass is 242 g/mol. The molecule has 17 heavy (non-hydrogen) atoms. The maximum absolute atomic E-state index is 11.7. The van der Waals surface area contributed by atoms with Crippen LogP contribution in [0.4, 0.5) is 0 Å². The fourth-order valence-corrected chi connectivity index (χ4v) is 2.19. The highest BCUT2D eigenvalue weighted by Gasteiger charge is 2.23. The summed E-state index contributed by atoms with van der Waals surface area (Å²) in [5, 5.41) is 3.21. The van der Waals surface area contributed by atoms with E-state index in [4.69, 9.17) is 4.74 Å². The minimum atomic E-state index is -0.373. The number of carbonyl (C=O) groups excluding carboxylic acids is 1. The number of hydrogen-bond donors (Lipinski definition) is 1. The Morgan fingerprint density at radius 2 is 1.94 bits per heavy atom. The van der Waals surface area contributed by atoms with Gasteiger partial charge in [0.05, 0.1) is 6.54 Å². The molecule has 1 rings (SSSR count). The van der Waals surface area contributed by atoms with Gasteiger partial charge in [-0.3, -0.25) is 9.69 Å². The predicted octanol–water partition coefficient (Wildman–Crippen LogP) is 1.26.